The van der Waals surface area contributed by atoms with Crippen LogP contribution in [-0.2, 0) is 14.8 Å². The third-order valence-electron chi connectivity index (χ3n) is 4.26. The normalized spacial score (nSPS) is 12.1. The Labute approximate surface area is 191 Å². The van der Waals surface area contributed by atoms with Crippen molar-refractivity contribution in [3.8, 4) is 5.75 Å². The molecule has 2 N–H and O–H groups in total. The van der Waals surface area contributed by atoms with E-state index < -0.39 is 15.3 Å². The van der Waals surface area contributed by atoms with Crippen LogP contribution in [0.25, 0.3) is 0 Å². The summed E-state index contributed by atoms with van der Waals surface area (Å²) in [7, 11) is -2.13. The molecule has 3 aromatic rings. The van der Waals surface area contributed by atoms with Crippen LogP contribution >= 0.6 is 23.4 Å². The molecule has 0 bridgehead atoms. The summed E-state index contributed by atoms with van der Waals surface area (Å²) in [4.78, 5) is 13.6. The van der Waals surface area contributed by atoms with Crippen molar-refractivity contribution in [3.63, 3.8) is 0 Å². The van der Waals surface area contributed by atoms with Crippen molar-refractivity contribution in [1.82, 2.24) is 0 Å². The van der Waals surface area contributed by atoms with Crippen LogP contribution in [-0.4, -0.2) is 26.7 Å². The van der Waals surface area contributed by atoms with Gasteiger partial charge in [0.25, 0.3) is 10.0 Å². The van der Waals surface area contributed by atoms with Gasteiger partial charge in [0, 0.05) is 15.6 Å². The summed E-state index contributed by atoms with van der Waals surface area (Å²) in [6, 6.07) is 20.0. The lowest BCUT2D eigenvalue weighted by molar-refractivity contribution is -0.115. The van der Waals surface area contributed by atoms with Gasteiger partial charge < -0.3 is 10.1 Å². The maximum atomic E-state index is 12.6. The molecule has 1 unspecified atom stereocenters. The predicted octanol–water partition coefficient (Wildman–Crippen LogP) is 5.27. The molecule has 0 aliphatic rings. The van der Waals surface area contributed by atoms with Gasteiger partial charge in [0.05, 0.1) is 22.9 Å². The largest absolute Gasteiger partial charge is 0.495 e. The van der Waals surface area contributed by atoms with E-state index in [1.165, 1.54) is 31.0 Å². The van der Waals surface area contributed by atoms with Crippen molar-refractivity contribution in [2.75, 3.05) is 17.1 Å². The van der Waals surface area contributed by atoms with Crippen LogP contribution in [0.1, 0.15) is 6.92 Å². The van der Waals surface area contributed by atoms with Crippen molar-refractivity contribution < 1.29 is 17.9 Å². The van der Waals surface area contributed by atoms with E-state index in [0.717, 1.165) is 4.90 Å². The number of methoxy groups -OCH3 is 1. The summed E-state index contributed by atoms with van der Waals surface area (Å²) in [5, 5.41) is 2.91. The van der Waals surface area contributed by atoms with E-state index in [-0.39, 0.29) is 10.8 Å². The number of halogens is 1. The van der Waals surface area contributed by atoms with Crippen molar-refractivity contribution in [1.29, 1.82) is 0 Å². The topological polar surface area (TPSA) is 84.5 Å². The zero-order chi connectivity index (χ0) is 22.4. The molecule has 0 fully saturated rings. The summed E-state index contributed by atoms with van der Waals surface area (Å²) in [6.07, 6.45) is 0. The average molecular weight is 477 g/mol. The number of hydrogen-bond acceptors (Lipinski definition) is 5. The molecule has 1 atom stereocenters. The number of carbonyl (C=O) groups is 1. The minimum atomic E-state index is -3.65. The molecule has 0 saturated heterocycles. The fourth-order valence-corrected chi connectivity index (χ4v) is 4.80. The van der Waals surface area contributed by atoms with Crippen LogP contribution in [0.5, 0.6) is 5.75 Å². The molecule has 162 valence electrons. The number of sulfonamides is 1. The third kappa shape index (κ3) is 6.16. The Kier molecular flexibility index (Phi) is 7.48. The van der Waals surface area contributed by atoms with Crippen LogP contribution in [0.2, 0.25) is 5.02 Å². The Morgan fingerprint density at radius 3 is 2.35 bits per heavy atom. The second-order valence-corrected chi connectivity index (χ2v) is 10.1. The number of rotatable bonds is 8. The molecule has 0 heterocycles. The molecule has 0 saturated carbocycles. The zero-order valence-corrected chi connectivity index (χ0v) is 19.2. The standard InChI is InChI=1S/C22H21ClN2O4S2/c1-15(22(26)24-20-14-16(23)8-13-21(20)29-2)30-18-11-9-17(10-12-18)25-31(27,28)19-6-4-3-5-7-19/h3-15,25H,1-2H3,(H,24,26). The number of amides is 1. The van der Waals surface area contributed by atoms with E-state index in [0.29, 0.717) is 22.1 Å². The Morgan fingerprint density at radius 2 is 1.71 bits per heavy atom. The molecule has 0 aliphatic carbocycles. The highest BCUT2D eigenvalue weighted by Gasteiger charge is 2.17. The highest BCUT2D eigenvalue weighted by atomic mass is 35.5. The Morgan fingerprint density at radius 1 is 1.03 bits per heavy atom. The zero-order valence-electron chi connectivity index (χ0n) is 16.8. The van der Waals surface area contributed by atoms with Crippen molar-refractivity contribution >= 4 is 50.7 Å². The van der Waals surface area contributed by atoms with Crippen LogP contribution in [0.3, 0.4) is 0 Å². The first-order valence-corrected chi connectivity index (χ1v) is 12.0. The first-order chi connectivity index (χ1) is 14.8. The van der Waals surface area contributed by atoms with Gasteiger partial charge in [0.2, 0.25) is 5.91 Å². The van der Waals surface area contributed by atoms with Crippen LogP contribution < -0.4 is 14.8 Å². The maximum Gasteiger partial charge on any atom is 0.261 e. The van der Waals surface area contributed by atoms with E-state index in [4.69, 9.17) is 16.3 Å². The number of hydrogen-bond donors (Lipinski definition) is 2. The molecule has 0 aromatic heterocycles. The number of nitrogens with one attached hydrogen (secondary N) is 2. The van der Waals surface area contributed by atoms with Gasteiger partial charge in [-0.15, -0.1) is 11.8 Å². The first kappa shape index (κ1) is 23.0. The molecular formula is C22H21ClN2O4S2. The fourth-order valence-electron chi connectivity index (χ4n) is 2.69. The lowest BCUT2D eigenvalue weighted by Gasteiger charge is -2.15. The molecule has 0 radical (unpaired) electrons. The van der Waals surface area contributed by atoms with E-state index in [2.05, 4.69) is 10.0 Å². The van der Waals surface area contributed by atoms with Crippen molar-refractivity contribution in [3.05, 3.63) is 77.8 Å². The van der Waals surface area contributed by atoms with Gasteiger partial charge in [0.1, 0.15) is 5.75 Å². The van der Waals surface area contributed by atoms with Gasteiger partial charge >= 0.3 is 0 Å². The van der Waals surface area contributed by atoms with Gasteiger partial charge in [-0.2, -0.15) is 0 Å². The lowest BCUT2D eigenvalue weighted by atomic mass is 10.3. The number of ether oxygens (including phenoxy) is 1. The SMILES string of the molecule is COc1ccc(Cl)cc1NC(=O)C(C)Sc1ccc(NS(=O)(=O)c2ccccc2)cc1. The number of benzene rings is 3. The summed E-state index contributed by atoms with van der Waals surface area (Å²) >= 11 is 7.35. The number of anilines is 2. The van der Waals surface area contributed by atoms with E-state index in [1.54, 1.807) is 67.6 Å². The Hall–Kier alpha value is -2.68. The molecule has 3 rings (SSSR count). The molecule has 0 spiro atoms. The molecule has 6 nitrogen and oxygen atoms in total. The van der Waals surface area contributed by atoms with Crippen LogP contribution in [0.4, 0.5) is 11.4 Å². The lowest BCUT2D eigenvalue weighted by Crippen LogP contribution is -2.22. The van der Waals surface area contributed by atoms with Gasteiger partial charge in [0.15, 0.2) is 0 Å². The minimum Gasteiger partial charge on any atom is -0.495 e. The van der Waals surface area contributed by atoms with Gasteiger partial charge in [-0.25, -0.2) is 8.42 Å². The molecule has 31 heavy (non-hydrogen) atoms. The van der Waals surface area contributed by atoms with Crippen molar-refractivity contribution in [2.45, 2.75) is 22.0 Å². The Bertz CT molecular complexity index is 1150. The first-order valence-electron chi connectivity index (χ1n) is 9.27. The highest BCUT2D eigenvalue weighted by Crippen LogP contribution is 2.30. The van der Waals surface area contributed by atoms with Gasteiger partial charge in [-0.05, 0) is 61.5 Å². The molecule has 0 aliphatic heterocycles. The van der Waals surface area contributed by atoms with Crippen molar-refractivity contribution in [2.24, 2.45) is 0 Å². The van der Waals surface area contributed by atoms with E-state index >= 15 is 0 Å². The summed E-state index contributed by atoms with van der Waals surface area (Å²) in [5.41, 5.74) is 0.937. The minimum absolute atomic E-state index is 0.190. The molecule has 1 amide bonds. The summed E-state index contributed by atoms with van der Waals surface area (Å²) < 4.78 is 32.6. The Balaban J connectivity index is 1.63. The predicted molar refractivity (Wildman–Crippen MR) is 126 cm³/mol. The molecular weight excluding hydrogens is 456 g/mol. The fraction of sp³-hybridized carbons (Fsp3) is 0.136. The summed E-state index contributed by atoms with van der Waals surface area (Å²) in [6.45, 7) is 1.78. The highest BCUT2D eigenvalue weighted by molar-refractivity contribution is 8.00. The van der Waals surface area contributed by atoms with E-state index in [9.17, 15) is 13.2 Å². The second-order valence-electron chi connectivity index (χ2n) is 6.54. The average Bonchev–Trinajstić information content (AvgIpc) is 2.75. The van der Waals surface area contributed by atoms with Gasteiger partial charge in [-0.3, -0.25) is 9.52 Å². The van der Waals surface area contributed by atoms with E-state index in [1.807, 2.05) is 0 Å². The van der Waals surface area contributed by atoms with Crippen LogP contribution in [0, 0.1) is 0 Å². The monoisotopic (exact) mass is 476 g/mol. The second kappa shape index (κ2) is 10.1. The molecule has 9 heteroatoms. The quantitative estimate of drug-likeness (QED) is 0.433. The van der Waals surface area contributed by atoms with Gasteiger partial charge in [-0.1, -0.05) is 29.8 Å². The third-order valence-corrected chi connectivity index (χ3v) is 7.01. The number of carbonyl (C=O) groups excluding carboxylic acids is 1. The van der Waals surface area contributed by atoms with Crippen LogP contribution in [0.15, 0.2) is 82.6 Å². The maximum absolute atomic E-state index is 12.6. The number of thioether (sulfide) groups is 1. The summed E-state index contributed by atoms with van der Waals surface area (Å²) in [5.74, 6) is 0.310. The smallest absolute Gasteiger partial charge is 0.261 e. The molecule has 3 aromatic carbocycles.